The fourth-order valence-corrected chi connectivity index (χ4v) is 1.69. The molecular weight excluding hydrogens is 196 g/mol. The standard InChI is InChI=1S/C14H15N2/c1-3-4-13-5-7-14(8-6-13)12(2)16-10-9-15-11-16/h3-12H,1H2,2H3. The Kier molecular flexibility index (Phi) is 3.20. The van der Waals surface area contributed by atoms with E-state index < -0.39 is 0 Å². The van der Waals surface area contributed by atoms with Crippen LogP contribution in [0.3, 0.4) is 0 Å². The second kappa shape index (κ2) is 4.79. The van der Waals surface area contributed by atoms with Crippen LogP contribution in [0.5, 0.6) is 0 Å². The van der Waals surface area contributed by atoms with Crippen LogP contribution in [0, 0.1) is 6.92 Å². The predicted octanol–water partition coefficient (Wildman–Crippen LogP) is 3.34. The lowest BCUT2D eigenvalue weighted by Crippen LogP contribution is -2.03. The van der Waals surface area contributed by atoms with Gasteiger partial charge in [-0.15, -0.1) is 0 Å². The van der Waals surface area contributed by atoms with Gasteiger partial charge in [-0.3, -0.25) is 0 Å². The normalized spacial score (nSPS) is 13.1. The Morgan fingerprint density at radius 2 is 2.06 bits per heavy atom. The van der Waals surface area contributed by atoms with Gasteiger partial charge in [-0.25, -0.2) is 4.98 Å². The van der Waals surface area contributed by atoms with Crippen molar-refractivity contribution in [2.75, 3.05) is 0 Å². The fraction of sp³-hybridized carbons (Fsp3) is 0.143. The molecule has 1 heterocycles. The zero-order chi connectivity index (χ0) is 11.4. The first kappa shape index (κ1) is 10.7. The van der Waals surface area contributed by atoms with Crippen molar-refractivity contribution < 1.29 is 0 Å². The van der Waals surface area contributed by atoms with Gasteiger partial charge in [0.2, 0.25) is 0 Å². The van der Waals surface area contributed by atoms with E-state index in [1.165, 1.54) is 11.1 Å². The summed E-state index contributed by atoms with van der Waals surface area (Å²) in [5, 5.41) is 0. The van der Waals surface area contributed by atoms with E-state index in [9.17, 15) is 0 Å². The molecule has 0 bridgehead atoms. The van der Waals surface area contributed by atoms with E-state index in [1.807, 2.05) is 18.6 Å². The molecule has 0 aliphatic carbocycles. The largest absolute Gasteiger partial charge is 0.330 e. The summed E-state index contributed by atoms with van der Waals surface area (Å²) in [5.74, 6) is 0. The van der Waals surface area contributed by atoms with E-state index >= 15 is 0 Å². The van der Waals surface area contributed by atoms with Crippen molar-refractivity contribution >= 4 is 6.08 Å². The summed E-state index contributed by atoms with van der Waals surface area (Å²) in [5.41, 5.74) is 2.45. The highest BCUT2D eigenvalue weighted by Gasteiger charge is 2.05. The number of imidazole rings is 1. The van der Waals surface area contributed by atoms with Gasteiger partial charge in [0.1, 0.15) is 0 Å². The number of aromatic nitrogens is 2. The van der Waals surface area contributed by atoms with Crippen molar-refractivity contribution in [1.82, 2.24) is 9.55 Å². The van der Waals surface area contributed by atoms with E-state index in [0.29, 0.717) is 6.04 Å². The van der Waals surface area contributed by atoms with Crippen LogP contribution in [0.1, 0.15) is 24.1 Å². The molecule has 2 rings (SSSR count). The molecule has 0 saturated carbocycles. The molecule has 0 N–H and O–H groups in total. The summed E-state index contributed by atoms with van der Waals surface area (Å²) in [7, 11) is 0. The molecule has 0 fully saturated rings. The zero-order valence-electron chi connectivity index (χ0n) is 9.38. The van der Waals surface area contributed by atoms with Crippen molar-refractivity contribution in [2.45, 2.75) is 13.0 Å². The number of nitrogens with zero attached hydrogens (tertiary/aromatic N) is 2. The zero-order valence-corrected chi connectivity index (χ0v) is 9.38. The Bertz CT molecular complexity index is 452. The van der Waals surface area contributed by atoms with Crippen LogP contribution in [0.2, 0.25) is 0 Å². The average molecular weight is 211 g/mol. The lowest BCUT2D eigenvalue weighted by atomic mass is 10.1. The predicted molar refractivity (Wildman–Crippen MR) is 66.9 cm³/mol. The molecule has 2 aromatic rings. The second-order valence-corrected chi connectivity index (χ2v) is 3.75. The molecule has 0 aliphatic rings. The average Bonchev–Trinajstić information content (AvgIpc) is 2.83. The summed E-state index contributed by atoms with van der Waals surface area (Å²) in [6, 6.07) is 8.80. The number of hydrogen-bond donors (Lipinski definition) is 0. The second-order valence-electron chi connectivity index (χ2n) is 3.75. The maximum absolute atomic E-state index is 4.06. The van der Waals surface area contributed by atoms with Crippen molar-refractivity contribution in [3.63, 3.8) is 0 Å². The van der Waals surface area contributed by atoms with Gasteiger partial charge in [0.05, 0.1) is 12.4 Å². The number of hydrogen-bond acceptors (Lipinski definition) is 1. The molecule has 1 atom stereocenters. The number of benzene rings is 1. The molecule has 0 saturated heterocycles. The molecule has 0 aliphatic heterocycles. The van der Waals surface area contributed by atoms with E-state index in [2.05, 4.69) is 47.7 Å². The molecule has 2 heteroatoms. The topological polar surface area (TPSA) is 17.8 Å². The van der Waals surface area contributed by atoms with Gasteiger partial charge >= 0.3 is 0 Å². The summed E-state index contributed by atoms with van der Waals surface area (Å²) < 4.78 is 2.09. The fourth-order valence-electron chi connectivity index (χ4n) is 1.69. The van der Waals surface area contributed by atoms with Gasteiger partial charge in [-0.1, -0.05) is 36.4 Å². The van der Waals surface area contributed by atoms with Crippen molar-refractivity contribution in [1.29, 1.82) is 0 Å². The van der Waals surface area contributed by atoms with Crippen LogP contribution in [0.25, 0.3) is 6.08 Å². The van der Waals surface area contributed by atoms with Crippen LogP contribution in [-0.2, 0) is 0 Å². The third-order valence-electron chi connectivity index (χ3n) is 2.70. The maximum Gasteiger partial charge on any atom is 0.0951 e. The highest BCUT2D eigenvalue weighted by molar-refractivity contribution is 5.50. The third kappa shape index (κ3) is 2.22. The molecule has 1 aromatic heterocycles. The van der Waals surface area contributed by atoms with Crippen molar-refractivity contribution in [2.24, 2.45) is 0 Å². The molecular formula is C14H15N2. The monoisotopic (exact) mass is 211 g/mol. The first-order valence-corrected chi connectivity index (χ1v) is 5.34. The van der Waals surface area contributed by atoms with Crippen LogP contribution in [-0.4, -0.2) is 9.55 Å². The van der Waals surface area contributed by atoms with Crippen LogP contribution < -0.4 is 0 Å². The number of rotatable bonds is 3. The van der Waals surface area contributed by atoms with Crippen molar-refractivity contribution in [3.8, 4) is 0 Å². The molecule has 1 radical (unpaired) electrons. The van der Waals surface area contributed by atoms with Crippen LogP contribution >= 0.6 is 0 Å². The summed E-state index contributed by atoms with van der Waals surface area (Å²) >= 11 is 0. The van der Waals surface area contributed by atoms with Gasteiger partial charge in [0.15, 0.2) is 0 Å². The molecule has 16 heavy (non-hydrogen) atoms. The molecule has 81 valence electrons. The first-order chi connectivity index (χ1) is 7.81. The Morgan fingerprint density at radius 3 is 2.62 bits per heavy atom. The highest BCUT2D eigenvalue weighted by atomic mass is 15.0. The molecule has 0 spiro atoms. The van der Waals surface area contributed by atoms with Gasteiger partial charge in [-0.05, 0) is 25.0 Å². The van der Waals surface area contributed by atoms with Crippen LogP contribution in [0.4, 0.5) is 0 Å². The molecule has 2 nitrogen and oxygen atoms in total. The lowest BCUT2D eigenvalue weighted by molar-refractivity contribution is 0.638. The maximum atomic E-state index is 4.06. The smallest absolute Gasteiger partial charge is 0.0951 e. The van der Waals surface area contributed by atoms with Crippen molar-refractivity contribution in [3.05, 3.63) is 67.1 Å². The third-order valence-corrected chi connectivity index (χ3v) is 2.70. The molecule has 1 aromatic carbocycles. The minimum atomic E-state index is 0.320. The Labute approximate surface area is 96.3 Å². The number of allylic oxidation sites excluding steroid dienone is 1. The minimum Gasteiger partial charge on any atom is -0.330 e. The van der Waals surface area contributed by atoms with E-state index in [-0.39, 0.29) is 0 Å². The summed E-state index contributed by atoms with van der Waals surface area (Å²) in [6.07, 6.45) is 9.42. The molecule has 1 unspecified atom stereocenters. The van der Waals surface area contributed by atoms with Gasteiger partial charge in [0.25, 0.3) is 0 Å². The highest BCUT2D eigenvalue weighted by Crippen LogP contribution is 2.18. The van der Waals surface area contributed by atoms with E-state index in [0.717, 1.165) is 0 Å². The summed E-state index contributed by atoms with van der Waals surface area (Å²) in [4.78, 5) is 4.06. The van der Waals surface area contributed by atoms with Gasteiger partial charge in [0, 0.05) is 12.4 Å². The van der Waals surface area contributed by atoms with E-state index in [1.54, 1.807) is 12.3 Å². The Hall–Kier alpha value is -1.83. The quantitative estimate of drug-likeness (QED) is 0.761. The lowest BCUT2D eigenvalue weighted by Gasteiger charge is -2.13. The van der Waals surface area contributed by atoms with Gasteiger partial charge < -0.3 is 4.57 Å². The summed E-state index contributed by atoms with van der Waals surface area (Å²) in [6.45, 7) is 5.85. The van der Waals surface area contributed by atoms with Crippen LogP contribution in [0.15, 0.2) is 49.1 Å². The van der Waals surface area contributed by atoms with E-state index in [4.69, 9.17) is 0 Å². The Balaban J connectivity index is 2.21. The first-order valence-electron chi connectivity index (χ1n) is 5.34. The SMILES string of the molecule is [CH2]C=Cc1ccc(C(C)n2ccnc2)cc1. The van der Waals surface area contributed by atoms with Gasteiger partial charge in [-0.2, -0.15) is 0 Å². The molecule has 0 amide bonds. The Morgan fingerprint density at radius 1 is 1.31 bits per heavy atom. The minimum absolute atomic E-state index is 0.320.